The maximum absolute atomic E-state index is 4.33. The standard InChI is InChI=1S/C13H9BrN4/c14-9-4-6-16-11(7-9)13-17-8-12(18-13)10-3-1-2-5-15-10/h1-8H,(H,17,18). The number of H-pyrrole nitrogens is 1. The van der Waals surface area contributed by atoms with E-state index in [4.69, 9.17) is 0 Å². The van der Waals surface area contributed by atoms with Gasteiger partial charge in [0.05, 0.1) is 17.6 Å². The summed E-state index contributed by atoms with van der Waals surface area (Å²) in [5.74, 6) is 0.733. The molecule has 18 heavy (non-hydrogen) atoms. The molecule has 0 radical (unpaired) electrons. The first-order chi connectivity index (χ1) is 8.83. The van der Waals surface area contributed by atoms with E-state index >= 15 is 0 Å². The third-order valence-electron chi connectivity index (χ3n) is 2.48. The Balaban J connectivity index is 2.00. The molecule has 1 N–H and O–H groups in total. The van der Waals surface area contributed by atoms with Gasteiger partial charge in [-0.1, -0.05) is 22.0 Å². The summed E-state index contributed by atoms with van der Waals surface area (Å²) in [7, 11) is 0. The summed E-state index contributed by atoms with van der Waals surface area (Å²) < 4.78 is 0.975. The van der Waals surface area contributed by atoms with Gasteiger partial charge in [-0.15, -0.1) is 0 Å². The van der Waals surface area contributed by atoms with Crippen LogP contribution in [0.15, 0.2) is 53.4 Å². The van der Waals surface area contributed by atoms with E-state index in [0.29, 0.717) is 0 Å². The molecule has 3 aromatic rings. The number of hydrogen-bond donors (Lipinski definition) is 1. The fourth-order valence-corrected chi connectivity index (χ4v) is 1.97. The van der Waals surface area contributed by atoms with Crippen molar-refractivity contribution in [1.29, 1.82) is 0 Å². The normalized spacial score (nSPS) is 10.5. The van der Waals surface area contributed by atoms with Gasteiger partial charge in [-0.3, -0.25) is 9.97 Å². The average Bonchev–Trinajstić information content (AvgIpc) is 2.89. The Labute approximate surface area is 112 Å². The van der Waals surface area contributed by atoms with E-state index in [2.05, 4.69) is 35.9 Å². The third-order valence-corrected chi connectivity index (χ3v) is 2.97. The van der Waals surface area contributed by atoms with Crippen LogP contribution in [0.5, 0.6) is 0 Å². The lowest BCUT2D eigenvalue weighted by molar-refractivity contribution is 1.21. The maximum atomic E-state index is 4.33. The fraction of sp³-hybridized carbons (Fsp3) is 0. The number of rotatable bonds is 2. The highest BCUT2D eigenvalue weighted by Crippen LogP contribution is 2.21. The summed E-state index contributed by atoms with van der Waals surface area (Å²) in [5, 5.41) is 0. The number of nitrogens with one attached hydrogen (secondary N) is 1. The van der Waals surface area contributed by atoms with Crippen molar-refractivity contribution in [1.82, 2.24) is 19.9 Å². The van der Waals surface area contributed by atoms with Crippen molar-refractivity contribution in [3.05, 3.63) is 53.4 Å². The highest BCUT2D eigenvalue weighted by Gasteiger charge is 2.07. The molecule has 0 aliphatic carbocycles. The number of pyridine rings is 2. The minimum atomic E-state index is 0.733. The Morgan fingerprint density at radius 1 is 0.944 bits per heavy atom. The molecule has 0 amide bonds. The number of halogens is 1. The lowest BCUT2D eigenvalue weighted by Crippen LogP contribution is -1.86. The van der Waals surface area contributed by atoms with Gasteiger partial charge in [0, 0.05) is 16.9 Å². The van der Waals surface area contributed by atoms with Crippen molar-refractivity contribution in [2.24, 2.45) is 0 Å². The molecule has 0 aromatic carbocycles. The number of imidazole rings is 1. The van der Waals surface area contributed by atoms with E-state index in [-0.39, 0.29) is 0 Å². The molecule has 0 aliphatic heterocycles. The summed E-state index contributed by atoms with van der Waals surface area (Å²) in [6.07, 6.45) is 5.26. The molecule has 3 rings (SSSR count). The van der Waals surface area contributed by atoms with Gasteiger partial charge < -0.3 is 4.98 Å². The van der Waals surface area contributed by atoms with E-state index < -0.39 is 0 Å². The van der Waals surface area contributed by atoms with Gasteiger partial charge in [-0.25, -0.2) is 4.98 Å². The maximum Gasteiger partial charge on any atom is 0.156 e. The highest BCUT2D eigenvalue weighted by atomic mass is 79.9. The second kappa shape index (κ2) is 4.70. The van der Waals surface area contributed by atoms with Crippen LogP contribution in [-0.2, 0) is 0 Å². The molecule has 0 atom stereocenters. The van der Waals surface area contributed by atoms with Gasteiger partial charge >= 0.3 is 0 Å². The van der Waals surface area contributed by atoms with Crippen LogP contribution >= 0.6 is 15.9 Å². The first-order valence-corrected chi connectivity index (χ1v) is 6.20. The van der Waals surface area contributed by atoms with Crippen molar-refractivity contribution < 1.29 is 0 Å². The van der Waals surface area contributed by atoms with Crippen LogP contribution in [0.4, 0.5) is 0 Å². The molecule has 3 aromatic heterocycles. The summed E-state index contributed by atoms with van der Waals surface area (Å²) in [6.45, 7) is 0. The van der Waals surface area contributed by atoms with Gasteiger partial charge in [-0.05, 0) is 24.3 Å². The second-order valence-electron chi connectivity index (χ2n) is 3.72. The average molecular weight is 301 g/mol. The molecule has 0 spiro atoms. The molecule has 0 bridgehead atoms. The first kappa shape index (κ1) is 11.1. The lowest BCUT2D eigenvalue weighted by Gasteiger charge is -1.97. The number of aromatic nitrogens is 4. The summed E-state index contributed by atoms with van der Waals surface area (Å²) in [6, 6.07) is 9.57. The number of nitrogens with zero attached hydrogens (tertiary/aromatic N) is 3. The quantitative estimate of drug-likeness (QED) is 0.790. The van der Waals surface area contributed by atoms with Crippen LogP contribution in [0.3, 0.4) is 0 Å². The molecule has 0 saturated heterocycles. The van der Waals surface area contributed by atoms with E-state index in [1.165, 1.54) is 0 Å². The molecular weight excluding hydrogens is 292 g/mol. The minimum Gasteiger partial charge on any atom is -0.335 e. The van der Waals surface area contributed by atoms with E-state index in [1.807, 2.05) is 30.3 Å². The summed E-state index contributed by atoms with van der Waals surface area (Å²) in [4.78, 5) is 16.1. The molecule has 0 aliphatic rings. The van der Waals surface area contributed by atoms with Gasteiger partial charge in [0.1, 0.15) is 5.69 Å². The van der Waals surface area contributed by atoms with E-state index in [0.717, 1.165) is 27.4 Å². The zero-order chi connectivity index (χ0) is 12.4. The van der Waals surface area contributed by atoms with Crippen molar-refractivity contribution >= 4 is 15.9 Å². The Kier molecular flexibility index (Phi) is 2.90. The van der Waals surface area contributed by atoms with Crippen molar-refractivity contribution in [3.63, 3.8) is 0 Å². The van der Waals surface area contributed by atoms with Crippen LogP contribution < -0.4 is 0 Å². The van der Waals surface area contributed by atoms with E-state index in [1.54, 1.807) is 18.6 Å². The molecule has 5 heteroatoms. The molecular formula is C13H9BrN4. The molecule has 0 fully saturated rings. The minimum absolute atomic E-state index is 0.733. The van der Waals surface area contributed by atoms with Crippen molar-refractivity contribution in [2.45, 2.75) is 0 Å². The lowest BCUT2D eigenvalue weighted by atomic mass is 10.3. The smallest absolute Gasteiger partial charge is 0.156 e. The molecule has 88 valence electrons. The van der Waals surface area contributed by atoms with Gasteiger partial charge in [0.15, 0.2) is 5.82 Å². The Bertz CT molecular complexity index is 664. The second-order valence-corrected chi connectivity index (χ2v) is 4.64. The zero-order valence-electron chi connectivity index (χ0n) is 9.34. The Hall–Kier alpha value is -2.01. The van der Waals surface area contributed by atoms with Crippen molar-refractivity contribution in [3.8, 4) is 22.9 Å². The van der Waals surface area contributed by atoms with Crippen LogP contribution in [0.2, 0.25) is 0 Å². The molecule has 4 nitrogen and oxygen atoms in total. The predicted molar refractivity (Wildman–Crippen MR) is 72.7 cm³/mol. The topological polar surface area (TPSA) is 54.5 Å². The highest BCUT2D eigenvalue weighted by molar-refractivity contribution is 9.10. The van der Waals surface area contributed by atoms with E-state index in [9.17, 15) is 0 Å². The zero-order valence-corrected chi connectivity index (χ0v) is 10.9. The van der Waals surface area contributed by atoms with Gasteiger partial charge in [0.2, 0.25) is 0 Å². The monoisotopic (exact) mass is 300 g/mol. The predicted octanol–water partition coefficient (Wildman–Crippen LogP) is 3.30. The van der Waals surface area contributed by atoms with Crippen LogP contribution in [0.25, 0.3) is 22.9 Å². The van der Waals surface area contributed by atoms with Crippen molar-refractivity contribution in [2.75, 3.05) is 0 Å². The molecule has 0 unspecified atom stereocenters. The van der Waals surface area contributed by atoms with Gasteiger partial charge in [-0.2, -0.15) is 0 Å². The number of aromatic amines is 1. The number of hydrogen-bond acceptors (Lipinski definition) is 3. The summed E-state index contributed by atoms with van der Waals surface area (Å²) >= 11 is 3.42. The Morgan fingerprint density at radius 2 is 1.83 bits per heavy atom. The molecule has 3 heterocycles. The van der Waals surface area contributed by atoms with Crippen LogP contribution in [-0.4, -0.2) is 19.9 Å². The van der Waals surface area contributed by atoms with Crippen LogP contribution in [0.1, 0.15) is 0 Å². The first-order valence-electron chi connectivity index (χ1n) is 5.41. The molecule has 0 saturated carbocycles. The van der Waals surface area contributed by atoms with Gasteiger partial charge in [0.25, 0.3) is 0 Å². The summed E-state index contributed by atoms with van der Waals surface area (Å²) in [5.41, 5.74) is 2.55. The van der Waals surface area contributed by atoms with Crippen LogP contribution in [0, 0.1) is 0 Å². The fourth-order valence-electron chi connectivity index (χ4n) is 1.64. The third kappa shape index (κ3) is 2.17. The SMILES string of the molecule is Brc1ccnc(-c2ncc(-c3ccccn3)[nH]2)c1. The largest absolute Gasteiger partial charge is 0.335 e. The Morgan fingerprint density at radius 3 is 2.61 bits per heavy atom.